The molecule has 0 amide bonds. The van der Waals surface area contributed by atoms with Gasteiger partial charge in [-0.25, -0.2) is 0 Å². The highest BCUT2D eigenvalue weighted by Crippen LogP contribution is 2.43. The number of hydrogen-bond acceptors (Lipinski definition) is 1. The molecule has 2 atom stereocenters. The molecule has 1 aliphatic carbocycles. The van der Waals surface area contributed by atoms with Gasteiger partial charge in [-0.15, -0.1) is 0 Å². The molecule has 0 aromatic rings. The van der Waals surface area contributed by atoms with E-state index in [2.05, 4.69) is 38.9 Å². The van der Waals surface area contributed by atoms with Crippen LogP contribution in [0.4, 0.5) is 0 Å². The minimum Gasteiger partial charge on any atom is -0.269 e. The fraction of sp³-hybridized carbons (Fsp3) is 0.700. The summed E-state index contributed by atoms with van der Waals surface area (Å²) in [6.45, 7) is 8.70. The quantitative estimate of drug-likeness (QED) is 0.538. The van der Waals surface area contributed by atoms with Gasteiger partial charge in [-0.1, -0.05) is 19.4 Å². The number of nitrogens with zero attached hydrogens (tertiary/aromatic N) is 1. The first-order valence-electron chi connectivity index (χ1n) is 4.29. The highest BCUT2D eigenvalue weighted by Gasteiger charge is 2.41. The standard InChI is InChI=1S/C10H17N/c1-7(2)5-11-6-10-8(3)9(10)4/h5-6,8-10H,1-4H3/b11-6-. The lowest BCUT2D eigenvalue weighted by molar-refractivity contribution is 0.834. The SMILES string of the molecule is CC(C)=C/N=C\C1C(C)C1C. The molecule has 0 aliphatic heterocycles. The lowest BCUT2D eigenvalue weighted by atomic mass is 10.3. The van der Waals surface area contributed by atoms with Gasteiger partial charge in [0.05, 0.1) is 0 Å². The second-order valence-electron chi connectivity index (χ2n) is 3.80. The minimum atomic E-state index is 0.741. The van der Waals surface area contributed by atoms with Crippen LogP contribution in [0.1, 0.15) is 27.7 Å². The third-order valence-corrected chi connectivity index (χ3v) is 2.49. The predicted octanol–water partition coefficient (Wildman–Crippen LogP) is 2.88. The van der Waals surface area contributed by atoms with Crippen molar-refractivity contribution < 1.29 is 0 Å². The molecule has 0 spiro atoms. The van der Waals surface area contributed by atoms with Crippen LogP contribution in [0.2, 0.25) is 0 Å². The molecule has 0 saturated heterocycles. The zero-order chi connectivity index (χ0) is 8.43. The Morgan fingerprint density at radius 3 is 2.09 bits per heavy atom. The predicted molar refractivity (Wildman–Crippen MR) is 49.7 cm³/mol. The molecule has 2 unspecified atom stereocenters. The Kier molecular flexibility index (Phi) is 2.48. The maximum absolute atomic E-state index is 4.25. The average molecular weight is 151 g/mol. The van der Waals surface area contributed by atoms with Crippen LogP contribution < -0.4 is 0 Å². The van der Waals surface area contributed by atoms with Gasteiger partial charge in [-0.2, -0.15) is 0 Å². The number of aliphatic imine (C=N–C) groups is 1. The molecule has 1 aliphatic rings. The fourth-order valence-electron chi connectivity index (χ4n) is 1.26. The molecule has 0 heterocycles. The van der Waals surface area contributed by atoms with Gasteiger partial charge in [0.25, 0.3) is 0 Å². The summed E-state index contributed by atoms with van der Waals surface area (Å²) in [7, 11) is 0. The van der Waals surface area contributed by atoms with Crippen molar-refractivity contribution in [2.24, 2.45) is 22.7 Å². The minimum absolute atomic E-state index is 0.741. The first-order chi connectivity index (χ1) is 5.13. The fourth-order valence-corrected chi connectivity index (χ4v) is 1.26. The van der Waals surface area contributed by atoms with Crippen LogP contribution in [0.5, 0.6) is 0 Å². The van der Waals surface area contributed by atoms with Gasteiger partial charge in [0, 0.05) is 12.4 Å². The Morgan fingerprint density at radius 2 is 1.73 bits per heavy atom. The van der Waals surface area contributed by atoms with Gasteiger partial charge < -0.3 is 0 Å². The first-order valence-corrected chi connectivity index (χ1v) is 4.29. The van der Waals surface area contributed by atoms with Gasteiger partial charge in [-0.05, 0) is 31.6 Å². The van der Waals surface area contributed by atoms with E-state index in [0.29, 0.717) is 0 Å². The third kappa shape index (κ3) is 2.18. The van der Waals surface area contributed by atoms with Crippen LogP contribution >= 0.6 is 0 Å². The van der Waals surface area contributed by atoms with Gasteiger partial charge in [0.1, 0.15) is 0 Å². The van der Waals surface area contributed by atoms with Crippen molar-refractivity contribution in [1.29, 1.82) is 0 Å². The van der Waals surface area contributed by atoms with Crippen molar-refractivity contribution in [3.63, 3.8) is 0 Å². The van der Waals surface area contributed by atoms with Crippen LogP contribution in [0.25, 0.3) is 0 Å². The van der Waals surface area contributed by atoms with Gasteiger partial charge in [0.15, 0.2) is 0 Å². The number of rotatable bonds is 2. The van der Waals surface area contributed by atoms with E-state index in [-0.39, 0.29) is 0 Å². The van der Waals surface area contributed by atoms with Crippen LogP contribution in [0.3, 0.4) is 0 Å². The summed E-state index contributed by atoms with van der Waals surface area (Å²) in [6.07, 6.45) is 4.01. The van der Waals surface area contributed by atoms with Gasteiger partial charge in [0.2, 0.25) is 0 Å². The zero-order valence-electron chi connectivity index (χ0n) is 7.83. The summed E-state index contributed by atoms with van der Waals surface area (Å²) in [4.78, 5) is 4.25. The molecular weight excluding hydrogens is 134 g/mol. The van der Waals surface area contributed by atoms with E-state index in [0.717, 1.165) is 17.8 Å². The number of hydrogen-bond donors (Lipinski definition) is 0. The van der Waals surface area contributed by atoms with Crippen molar-refractivity contribution in [1.82, 2.24) is 0 Å². The van der Waals surface area contributed by atoms with Crippen molar-refractivity contribution in [3.8, 4) is 0 Å². The summed E-state index contributed by atoms with van der Waals surface area (Å²) >= 11 is 0. The highest BCUT2D eigenvalue weighted by atomic mass is 14.7. The van der Waals surface area contributed by atoms with E-state index >= 15 is 0 Å². The molecule has 0 aromatic heterocycles. The summed E-state index contributed by atoms with van der Waals surface area (Å²) in [5, 5.41) is 0. The highest BCUT2D eigenvalue weighted by molar-refractivity contribution is 5.66. The average Bonchev–Trinajstić information content (AvgIpc) is 2.44. The Hall–Kier alpha value is -0.590. The van der Waals surface area contributed by atoms with Crippen LogP contribution in [0.15, 0.2) is 16.8 Å². The second kappa shape index (κ2) is 3.21. The molecule has 1 nitrogen and oxygen atoms in total. The van der Waals surface area contributed by atoms with Crippen molar-refractivity contribution in [2.75, 3.05) is 0 Å². The summed E-state index contributed by atoms with van der Waals surface area (Å²) in [5.41, 5.74) is 1.27. The lowest BCUT2D eigenvalue weighted by Crippen LogP contribution is -1.78. The third-order valence-electron chi connectivity index (χ3n) is 2.49. The lowest BCUT2D eigenvalue weighted by Gasteiger charge is -1.83. The first kappa shape index (κ1) is 8.51. The smallest absolute Gasteiger partial charge is 0.0250 e. The molecule has 0 radical (unpaired) electrons. The van der Waals surface area contributed by atoms with E-state index in [1.165, 1.54) is 5.57 Å². The topological polar surface area (TPSA) is 12.4 Å². The maximum atomic E-state index is 4.25. The Labute approximate surface area is 69.2 Å². The molecule has 1 fully saturated rings. The zero-order valence-corrected chi connectivity index (χ0v) is 7.83. The van der Waals surface area contributed by atoms with E-state index in [1.807, 2.05) is 6.20 Å². The van der Waals surface area contributed by atoms with E-state index in [9.17, 15) is 0 Å². The van der Waals surface area contributed by atoms with Crippen LogP contribution in [0, 0.1) is 17.8 Å². The largest absolute Gasteiger partial charge is 0.269 e. The summed E-state index contributed by atoms with van der Waals surface area (Å²) in [6, 6.07) is 0. The van der Waals surface area contributed by atoms with E-state index in [4.69, 9.17) is 0 Å². The molecule has 0 aromatic carbocycles. The summed E-state index contributed by atoms with van der Waals surface area (Å²) < 4.78 is 0. The second-order valence-corrected chi connectivity index (χ2v) is 3.80. The Morgan fingerprint density at radius 1 is 1.18 bits per heavy atom. The molecular formula is C10H17N. The normalized spacial score (nSPS) is 35.8. The van der Waals surface area contributed by atoms with Crippen LogP contribution in [-0.2, 0) is 0 Å². The van der Waals surface area contributed by atoms with Gasteiger partial charge in [-0.3, -0.25) is 4.99 Å². The summed E-state index contributed by atoms with van der Waals surface area (Å²) in [5.74, 6) is 2.44. The van der Waals surface area contributed by atoms with E-state index in [1.54, 1.807) is 0 Å². The van der Waals surface area contributed by atoms with Crippen LogP contribution in [-0.4, -0.2) is 6.21 Å². The Balaban J connectivity index is 2.33. The van der Waals surface area contributed by atoms with Crippen molar-refractivity contribution >= 4 is 6.21 Å². The molecule has 1 heteroatoms. The Bertz CT molecular complexity index is 179. The molecule has 0 bridgehead atoms. The van der Waals surface area contributed by atoms with Crippen molar-refractivity contribution in [2.45, 2.75) is 27.7 Å². The van der Waals surface area contributed by atoms with Gasteiger partial charge >= 0.3 is 0 Å². The maximum Gasteiger partial charge on any atom is 0.0250 e. The molecule has 1 saturated carbocycles. The monoisotopic (exact) mass is 151 g/mol. The molecule has 11 heavy (non-hydrogen) atoms. The number of allylic oxidation sites excluding steroid dienone is 1. The molecule has 0 N–H and O–H groups in total. The molecule has 62 valence electrons. The van der Waals surface area contributed by atoms with Crippen molar-refractivity contribution in [3.05, 3.63) is 11.8 Å². The molecule has 1 rings (SSSR count). The van der Waals surface area contributed by atoms with E-state index < -0.39 is 0 Å².